The van der Waals surface area contributed by atoms with Crippen molar-refractivity contribution in [3.05, 3.63) is 207 Å². The van der Waals surface area contributed by atoms with E-state index in [1.54, 1.807) is 36.4 Å². The smallest absolute Gasteiger partial charge is 0.339 e. The van der Waals surface area contributed by atoms with Crippen molar-refractivity contribution < 1.29 is 109 Å². The van der Waals surface area contributed by atoms with E-state index in [0.717, 1.165) is 71.2 Å². The molecule has 596 valence electrons. The number of halogens is 4. The Morgan fingerprint density at radius 2 is 1.06 bits per heavy atom. The summed E-state index contributed by atoms with van der Waals surface area (Å²) < 4.78 is 170. The van der Waals surface area contributed by atoms with Crippen LogP contribution in [0.2, 0.25) is 20.1 Å². The number of phenolic OH excluding ortho intramolecular Hbond substituents is 1. The minimum atomic E-state index is -4.66. The van der Waals surface area contributed by atoms with Gasteiger partial charge >= 0.3 is 5.97 Å². The van der Waals surface area contributed by atoms with Crippen LogP contribution in [-0.4, -0.2) is 142 Å². The molecule has 10 aromatic rings. The van der Waals surface area contributed by atoms with Gasteiger partial charge in [0.1, 0.15) is 60.2 Å². The van der Waals surface area contributed by atoms with Crippen LogP contribution >= 0.6 is 46.4 Å². The highest BCUT2D eigenvalue weighted by Crippen LogP contribution is 2.42. The monoisotopic (exact) mass is 1740 g/mol. The van der Waals surface area contributed by atoms with Gasteiger partial charge in [0.05, 0.1) is 69.1 Å². The van der Waals surface area contributed by atoms with Gasteiger partial charge in [0.2, 0.25) is 0 Å². The van der Waals surface area contributed by atoms with Crippen molar-refractivity contribution in [3.63, 3.8) is 0 Å². The first kappa shape index (κ1) is 88.3. The number of ether oxygens (including phenoxy) is 2. The van der Waals surface area contributed by atoms with Crippen molar-refractivity contribution >= 4 is 193 Å². The Labute approximate surface area is 668 Å². The number of rotatable bonds is 22. The molecular weight excluding hydrogens is 1680 g/mol. The molecule has 44 heteroatoms. The van der Waals surface area contributed by atoms with Gasteiger partial charge in [-0.05, 0) is 147 Å². The van der Waals surface area contributed by atoms with Crippen LogP contribution in [0, 0.1) is 13.8 Å². The molecule has 114 heavy (non-hydrogen) atoms. The number of carboxylic acid groups (broad SMARTS) is 1. The minimum absolute atomic E-state index is 0.0145. The number of aryl methyl sites for hydroxylation is 2. The number of carbonyl (C=O) groups excluding carboxylic acids is 3. The Morgan fingerprint density at radius 1 is 0.526 bits per heavy atom. The van der Waals surface area contributed by atoms with Crippen LogP contribution in [0.25, 0.3) is 21.5 Å². The summed E-state index contributed by atoms with van der Waals surface area (Å²) in [6, 6.07) is 37.2. The standard InChI is InChI=1S/C20H21Cl2N3O7S.C17H15ClN4O7S2.C17H12N2O6S.C16H11ClN2O4S/c1-10-5-19(33(28,29)30)15(6-12(10)21)24-25-20(11(2)26)16(27)9-23-14-8-17(31-3)13(22)7-18(14)32-4;1-9-6-15(31(27,28)29)14(8-13(9)18)19-20-16-10(2)21-22(17(16)23)11-4-3-5-12(7-11)30(24,25)26;20-16-14(17(21)22)9-10-3-1-2-4-13(10)15(16)19-18-11-5-7-12(8-6-11)26(23,24)25;17-13-9-11(6-8-15(13)24(21,22)23)18-19-16-12-4-2-1-3-10(12)5-7-14(16)20/h5-8,20,23H,9H2,1-4H3,(H,28,29,30);3-8,16H,1-2H3,(H,24,25,26)(H,27,28,29);1-9,20H,(H,21,22)(H,23,24,25);1-9,20H,(H,21,22,23). The molecule has 1 aliphatic rings. The van der Waals surface area contributed by atoms with Gasteiger partial charge in [-0.1, -0.05) is 107 Å². The SMILES string of the molecule is CC1=NN(c2cccc(S(=O)(=O)O)c2)C(=O)C1N=Nc1cc(Cl)c(C)cc1S(=O)(=O)O.COc1cc(NCC(=O)C(N=Nc2cc(Cl)c(C)cc2S(=O)(=O)O)C(C)=O)c(OC)cc1Cl.O=C(O)c1cc2ccccc2c(N=Nc2ccc(S(=O)(=O)O)cc2)c1O.O=S(=O)(O)c1ccc(N=Nc2c(O)ccc3ccccc23)cc1Cl. The molecule has 10 aromatic carbocycles. The number of aromatic carboxylic acids is 1. The normalized spacial score (nSPS) is 13.6. The second-order valence-corrected chi connectivity index (χ2v) is 32.2. The molecule has 2 unspecified atom stereocenters. The van der Waals surface area contributed by atoms with Gasteiger partial charge in [-0.25, -0.2) is 4.79 Å². The van der Waals surface area contributed by atoms with Crippen LogP contribution in [0.15, 0.2) is 240 Å². The number of hydrogen-bond acceptors (Lipinski definition) is 28. The van der Waals surface area contributed by atoms with E-state index in [4.69, 9.17) is 65.0 Å². The Bertz CT molecular complexity index is 6290. The largest absolute Gasteiger partial charge is 0.506 e. The number of amides is 1. The number of benzene rings is 10. The summed E-state index contributed by atoms with van der Waals surface area (Å²) in [7, 11) is -19.7. The lowest BCUT2D eigenvalue weighted by Gasteiger charge is -2.14. The fraction of sp³-hybridized carbons (Fsp3) is 0.129. The summed E-state index contributed by atoms with van der Waals surface area (Å²) >= 11 is 23.9. The number of nitrogens with one attached hydrogen (secondary N) is 1. The number of azo groups is 4. The van der Waals surface area contributed by atoms with Gasteiger partial charge in [-0.15, -0.1) is 10.2 Å². The van der Waals surface area contributed by atoms with Crippen LogP contribution in [-0.2, 0) is 65.0 Å². The van der Waals surface area contributed by atoms with E-state index in [1.165, 1.54) is 102 Å². The van der Waals surface area contributed by atoms with Crippen molar-refractivity contribution in [2.75, 3.05) is 31.1 Å². The summed E-state index contributed by atoms with van der Waals surface area (Å²) in [4.78, 5) is 46.6. The van der Waals surface area contributed by atoms with Crippen LogP contribution < -0.4 is 19.8 Å². The van der Waals surface area contributed by atoms with Crippen molar-refractivity contribution in [1.82, 2.24) is 0 Å². The Kier molecular flexibility index (Phi) is 28.5. The zero-order valence-corrected chi connectivity index (χ0v) is 66.3. The molecule has 1 aliphatic heterocycles. The first-order valence-electron chi connectivity index (χ1n) is 31.7. The average Bonchev–Trinajstić information content (AvgIpc) is 1.33. The van der Waals surface area contributed by atoms with Crippen molar-refractivity contribution in [3.8, 4) is 23.0 Å². The number of carboxylic acids is 1. The number of fused-ring (bicyclic) bond motifs is 2. The quantitative estimate of drug-likeness (QED) is 0.0173. The van der Waals surface area contributed by atoms with E-state index >= 15 is 0 Å². The maximum atomic E-state index is 12.8. The molecule has 11 rings (SSSR count). The molecule has 0 saturated heterocycles. The third-order valence-corrected chi connectivity index (χ3v) is 21.6. The Balaban J connectivity index is 0.000000192. The van der Waals surface area contributed by atoms with Crippen molar-refractivity contribution in [1.29, 1.82) is 0 Å². The van der Waals surface area contributed by atoms with Gasteiger partial charge in [0.25, 0.3) is 56.5 Å². The van der Waals surface area contributed by atoms with E-state index in [9.17, 15) is 90.2 Å². The van der Waals surface area contributed by atoms with Crippen LogP contribution in [0.5, 0.6) is 23.0 Å². The van der Waals surface area contributed by atoms with E-state index in [2.05, 4.69) is 51.3 Å². The molecule has 0 radical (unpaired) electrons. The maximum Gasteiger partial charge on any atom is 0.339 e. The molecule has 0 aromatic heterocycles. The lowest BCUT2D eigenvalue weighted by atomic mass is 10.0. The van der Waals surface area contributed by atoms with E-state index in [1.807, 2.05) is 18.2 Å². The first-order valence-corrected chi connectivity index (χ1v) is 40.4. The number of hydrogen-bond donors (Lipinski definition) is 9. The number of carbonyl (C=O) groups is 4. The van der Waals surface area contributed by atoms with E-state index < -0.39 is 111 Å². The number of anilines is 2. The fourth-order valence-electron chi connectivity index (χ4n) is 9.99. The van der Waals surface area contributed by atoms with E-state index in [0.29, 0.717) is 49.8 Å². The first-order chi connectivity index (χ1) is 53.3. The average molecular weight is 1740 g/mol. The number of ketones is 2. The lowest BCUT2D eigenvalue weighted by Crippen LogP contribution is -2.31. The number of aromatic hydroxyl groups is 2. The van der Waals surface area contributed by atoms with Gasteiger partial charge in [-0.3, -0.25) is 37.1 Å². The van der Waals surface area contributed by atoms with E-state index in [-0.39, 0.29) is 77.7 Å². The molecule has 1 amide bonds. The van der Waals surface area contributed by atoms with Gasteiger partial charge < -0.3 is 30.1 Å². The highest BCUT2D eigenvalue weighted by Gasteiger charge is 2.36. The van der Waals surface area contributed by atoms with Crippen LogP contribution in [0.1, 0.15) is 35.3 Å². The number of methoxy groups -OCH3 is 2. The second-order valence-electron chi connectivity index (χ2n) is 23.6. The number of phenols is 2. The molecule has 0 bridgehead atoms. The highest BCUT2D eigenvalue weighted by molar-refractivity contribution is 7.87. The third-order valence-electron chi connectivity index (χ3n) is 15.6. The topological polar surface area (TPSA) is 546 Å². The second kappa shape index (κ2) is 36.7. The molecule has 9 N–H and O–H groups in total. The molecule has 0 saturated carbocycles. The van der Waals surface area contributed by atoms with Gasteiger partial charge in [-0.2, -0.15) is 82.9 Å². The van der Waals surface area contributed by atoms with Crippen molar-refractivity contribution in [2.45, 2.75) is 64.3 Å². The maximum absolute atomic E-state index is 12.8. The Hall–Kier alpha value is -11.2. The summed E-state index contributed by atoms with van der Waals surface area (Å²) in [5.41, 5.74) is 1.31. The number of Topliss-reactive ketones (excluding diaryl/α,β-unsaturated/α-hetero) is 2. The molecule has 1 heterocycles. The van der Waals surface area contributed by atoms with Gasteiger partial charge in [0.15, 0.2) is 29.4 Å². The zero-order chi connectivity index (χ0) is 84.3. The van der Waals surface area contributed by atoms with Gasteiger partial charge in [0, 0.05) is 33.0 Å². The highest BCUT2D eigenvalue weighted by atomic mass is 35.5. The Morgan fingerprint density at radius 3 is 1.61 bits per heavy atom. The zero-order valence-electron chi connectivity index (χ0n) is 59.2. The summed E-state index contributed by atoms with van der Waals surface area (Å²) in [5, 5.41) is 71.3. The number of hydrazone groups is 1. The molecule has 0 spiro atoms. The predicted molar refractivity (Wildman–Crippen MR) is 418 cm³/mol. The third kappa shape index (κ3) is 22.4. The van der Waals surface area contributed by atoms with Crippen LogP contribution in [0.3, 0.4) is 0 Å². The number of nitrogens with zero attached hydrogens (tertiary/aromatic N) is 10. The predicted octanol–water partition coefficient (Wildman–Crippen LogP) is 16.1. The molecule has 0 aliphatic carbocycles. The minimum Gasteiger partial charge on any atom is -0.506 e. The molecular formula is C70H59Cl4N11O24S5. The fourth-order valence-corrected chi connectivity index (χ4v) is 13.9. The summed E-state index contributed by atoms with van der Waals surface area (Å²) in [6.45, 7) is 5.34. The lowest BCUT2D eigenvalue weighted by molar-refractivity contribution is -0.127. The van der Waals surface area contributed by atoms with Crippen LogP contribution in [0.4, 0.5) is 45.5 Å². The van der Waals surface area contributed by atoms with Crippen molar-refractivity contribution in [2.24, 2.45) is 46.0 Å². The summed E-state index contributed by atoms with van der Waals surface area (Å²) in [5.74, 6) is -3.16. The molecule has 0 fully saturated rings. The molecule has 2 atom stereocenters. The summed E-state index contributed by atoms with van der Waals surface area (Å²) in [6.07, 6.45) is 0. The molecule has 35 nitrogen and oxygen atoms in total.